The Hall–Kier alpha value is -0.840. The first-order valence-electron chi connectivity index (χ1n) is 6.02. The van der Waals surface area contributed by atoms with E-state index in [1.54, 1.807) is 0 Å². The molecule has 0 aliphatic rings. The Kier molecular flexibility index (Phi) is 5.02. The van der Waals surface area contributed by atoms with Gasteiger partial charge in [-0.05, 0) is 36.9 Å². The lowest BCUT2D eigenvalue weighted by atomic mass is 10.1. The van der Waals surface area contributed by atoms with Gasteiger partial charge in [-0.3, -0.25) is 4.90 Å². The lowest BCUT2D eigenvalue weighted by Gasteiger charge is -2.19. The van der Waals surface area contributed by atoms with E-state index in [2.05, 4.69) is 62.0 Å². The molecule has 2 N–H and O–H groups in total. The molecule has 2 aromatic rings. The first-order chi connectivity index (χ1) is 9.06. The van der Waals surface area contributed by atoms with Crippen LogP contribution in [0, 0.1) is 0 Å². The van der Waals surface area contributed by atoms with E-state index in [-0.39, 0.29) is 0 Å². The van der Waals surface area contributed by atoms with Gasteiger partial charge in [-0.2, -0.15) is 0 Å². The highest BCUT2D eigenvalue weighted by molar-refractivity contribution is 9.10. The summed E-state index contributed by atoms with van der Waals surface area (Å²) in [6, 6.07) is 14.3. The van der Waals surface area contributed by atoms with Crippen LogP contribution >= 0.6 is 31.9 Å². The quantitative estimate of drug-likeness (QED) is 0.791. The van der Waals surface area contributed by atoms with Gasteiger partial charge in [0.05, 0.1) is 0 Å². The summed E-state index contributed by atoms with van der Waals surface area (Å²) in [6.07, 6.45) is 0. The van der Waals surface area contributed by atoms with Gasteiger partial charge >= 0.3 is 0 Å². The molecule has 4 heteroatoms. The summed E-state index contributed by atoms with van der Waals surface area (Å²) in [5, 5.41) is 0. The van der Waals surface area contributed by atoms with Gasteiger partial charge in [-0.1, -0.05) is 50.1 Å². The van der Waals surface area contributed by atoms with E-state index in [0.717, 1.165) is 33.3 Å². The number of halogens is 2. The third-order valence-corrected chi connectivity index (χ3v) is 4.16. The van der Waals surface area contributed by atoms with Crippen LogP contribution in [-0.4, -0.2) is 11.9 Å². The summed E-state index contributed by atoms with van der Waals surface area (Å²) in [5.41, 5.74) is 9.27. The van der Waals surface area contributed by atoms with Gasteiger partial charge in [0, 0.05) is 33.3 Å². The summed E-state index contributed by atoms with van der Waals surface area (Å²) >= 11 is 7.05. The fourth-order valence-electron chi connectivity index (χ4n) is 2.01. The molecule has 0 saturated heterocycles. The van der Waals surface area contributed by atoms with E-state index >= 15 is 0 Å². The van der Waals surface area contributed by atoms with E-state index in [1.165, 1.54) is 5.56 Å². The molecule has 0 atom stereocenters. The largest absolute Gasteiger partial charge is 0.398 e. The van der Waals surface area contributed by atoms with Gasteiger partial charge in [-0.15, -0.1) is 0 Å². The van der Waals surface area contributed by atoms with Crippen molar-refractivity contribution in [2.45, 2.75) is 13.1 Å². The maximum absolute atomic E-state index is 6.02. The molecule has 0 fully saturated rings. The molecular weight excluding hydrogens is 368 g/mol. The van der Waals surface area contributed by atoms with Crippen molar-refractivity contribution in [3.63, 3.8) is 0 Å². The molecule has 2 rings (SSSR count). The van der Waals surface area contributed by atoms with Crippen LogP contribution in [-0.2, 0) is 13.1 Å². The molecule has 0 unspecified atom stereocenters. The van der Waals surface area contributed by atoms with E-state index < -0.39 is 0 Å². The minimum Gasteiger partial charge on any atom is -0.398 e. The van der Waals surface area contributed by atoms with Gasteiger partial charge in [0.25, 0.3) is 0 Å². The van der Waals surface area contributed by atoms with Crippen molar-refractivity contribution in [3.05, 3.63) is 62.5 Å². The Morgan fingerprint density at radius 1 is 1.05 bits per heavy atom. The summed E-state index contributed by atoms with van der Waals surface area (Å²) in [6.45, 7) is 1.71. The number of rotatable bonds is 4. The lowest BCUT2D eigenvalue weighted by molar-refractivity contribution is 0.319. The Morgan fingerprint density at radius 2 is 1.79 bits per heavy atom. The molecule has 2 nitrogen and oxygen atoms in total. The Balaban J connectivity index is 2.07. The smallest absolute Gasteiger partial charge is 0.0371 e. The highest BCUT2D eigenvalue weighted by Gasteiger charge is 2.08. The summed E-state index contributed by atoms with van der Waals surface area (Å²) < 4.78 is 2.17. The number of hydrogen-bond acceptors (Lipinski definition) is 2. The van der Waals surface area contributed by atoms with Crippen LogP contribution in [0.3, 0.4) is 0 Å². The molecule has 0 heterocycles. The second-order valence-electron chi connectivity index (χ2n) is 4.61. The predicted molar refractivity (Wildman–Crippen MR) is 87.9 cm³/mol. The molecule has 0 radical (unpaired) electrons. The zero-order chi connectivity index (χ0) is 13.8. The summed E-state index contributed by atoms with van der Waals surface area (Å²) in [7, 11) is 2.10. The molecule has 0 aliphatic carbocycles. The Labute approximate surface area is 130 Å². The maximum atomic E-state index is 6.02. The number of benzene rings is 2. The highest BCUT2D eigenvalue weighted by atomic mass is 79.9. The van der Waals surface area contributed by atoms with Crippen molar-refractivity contribution < 1.29 is 0 Å². The van der Waals surface area contributed by atoms with Crippen LogP contribution in [0.2, 0.25) is 0 Å². The lowest BCUT2D eigenvalue weighted by Crippen LogP contribution is -2.18. The molecule has 0 spiro atoms. The first-order valence-corrected chi connectivity index (χ1v) is 7.60. The standard InChI is InChI=1S/C15H16Br2N2/c1-19(9-11-4-2-5-12(16)8-11)10-13-14(17)6-3-7-15(13)18/h2-8H,9-10,18H2,1H3. The number of anilines is 1. The van der Waals surface area contributed by atoms with Gasteiger partial charge < -0.3 is 5.73 Å². The van der Waals surface area contributed by atoms with Crippen molar-refractivity contribution in [1.29, 1.82) is 0 Å². The molecule has 0 amide bonds. The third kappa shape index (κ3) is 4.06. The van der Waals surface area contributed by atoms with Crippen LogP contribution in [0.25, 0.3) is 0 Å². The fraction of sp³-hybridized carbons (Fsp3) is 0.200. The van der Waals surface area contributed by atoms with Gasteiger partial charge in [0.15, 0.2) is 0 Å². The molecular formula is C15H16Br2N2. The van der Waals surface area contributed by atoms with E-state index in [9.17, 15) is 0 Å². The first kappa shape index (κ1) is 14.6. The average molecular weight is 384 g/mol. The number of nitrogens with zero attached hydrogens (tertiary/aromatic N) is 1. The molecule has 0 saturated carbocycles. The summed E-state index contributed by atoms with van der Waals surface area (Å²) in [4.78, 5) is 2.25. The molecule has 2 aromatic carbocycles. The number of nitrogens with two attached hydrogens (primary N) is 1. The maximum Gasteiger partial charge on any atom is 0.0371 e. The zero-order valence-electron chi connectivity index (χ0n) is 10.7. The van der Waals surface area contributed by atoms with Crippen molar-refractivity contribution in [1.82, 2.24) is 4.90 Å². The second-order valence-corrected chi connectivity index (χ2v) is 6.38. The van der Waals surface area contributed by atoms with E-state index in [1.807, 2.05) is 24.3 Å². The SMILES string of the molecule is CN(Cc1cccc(Br)c1)Cc1c(N)cccc1Br. The molecule has 0 bridgehead atoms. The predicted octanol–water partition coefficient (Wildman–Crippen LogP) is 4.43. The van der Waals surface area contributed by atoms with Gasteiger partial charge in [0.2, 0.25) is 0 Å². The monoisotopic (exact) mass is 382 g/mol. The molecule has 0 aromatic heterocycles. The minimum absolute atomic E-state index is 0.819. The minimum atomic E-state index is 0.819. The third-order valence-electron chi connectivity index (χ3n) is 2.92. The molecule has 0 aliphatic heterocycles. The normalized spacial score (nSPS) is 10.9. The van der Waals surface area contributed by atoms with Gasteiger partial charge in [-0.25, -0.2) is 0 Å². The fourth-order valence-corrected chi connectivity index (χ4v) is 2.97. The van der Waals surface area contributed by atoms with Crippen LogP contribution in [0.4, 0.5) is 5.69 Å². The van der Waals surface area contributed by atoms with Crippen molar-refractivity contribution in [3.8, 4) is 0 Å². The highest BCUT2D eigenvalue weighted by Crippen LogP contribution is 2.24. The van der Waals surface area contributed by atoms with Crippen molar-refractivity contribution >= 4 is 37.5 Å². The van der Waals surface area contributed by atoms with Crippen LogP contribution in [0.5, 0.6) is 0 Å². The second kappa shape index (κ2) is 6.55. The van der Waals surface area contributed by atoms with Crippen molar-refractivity contribution in [2.75, 3.05) is 12.8 Å². The Morgan fingerprint density at radius 3 is 2.47 bits per heavy atom. The summed E-state index contributed by atoms with van der Waals surface area (Å²) in [5.74, 6) is 0. The van der Waals surface area contributed by atoms with E-state index in [4.69, 9.17) is 5.73 Å². The van der Waals surface area contributed by atoms with Gasteiger partial charge in [0.1, 0.15) is 0 Å². The number of nitrogen functional groups attached to an aromatic ring is 1. The van der Waals surface area contributed by atoms with Crippen molar-refractivity contribution in [2.24, 2.45) is 0 Å². The van der Waals surface area contributed by atoms with Crippen LogP contribution in [0.15, 0.2) is 51.4 Å². The number of hydrogen-bond donors (Lipinski definition) is 1. The Bertz CT molecular complexity index is 550. The average Bonchev–Trinajstić information content (AvgIpc) is 2.34. The topological polar surface area (TPSA) is 29.3 Å². The molecule has 19 heavy (non-hydrogen) atoms. The zero-order valence-corrected chi connectivity index (χ0v) is 13.9. The van der Waals surface area contributed by atoms with E-state index in [0.29, 0.717) is 0 Å². The van der Waals surface area contributed by atoms with Crippen LogP contribution < -0.4 is 5.73 Å². The molecule has 100 valence electrons. The van der Waals surface area contributed by atoms with Crippen LogP contribution in [0.1, 0.15) is 11.1 Å².